The Morgan fingerprint density at radius 1 is 1.25 bits per heavy atom. The minimum Gasteiger partial charge on any atom is -0.464 e. The molecule has 0 aromatic heterocycles. The summed E-state index contributed by atoms with van der Waals surface area (Å²) < 4.78 is 5.61. The number of carbonyl (C=O) groups excluding carboxylic acids is 1. The van der Waals surface area contributed by atoms with Gasteiger partial charge in [0.2, 0.25) is 0 Å². The SMILES string of the molecule is CCN(CC)CCOC(=O)C(Cc1ccccc1)C1C=CCC1.Cl. The monoisotopic (exact) mass is 351 g/mol. The summed E-state index contributed by atoms with van der Waals surface area (Å²) in [6.45, 7) is 7.55. The lowest BCUT2D eigenvalue weighted by molar-refractivity contribution is -0.150. The standard InChI is InChI=1S/C20H29NO2.ClH/c1-3-21(4-2)14-15-23-20(22)19(18-12-8-9-13-18)16-17-10-6-5-7-11-17;/h5-8,10-12,18-19H,3-4,9,13-16H2,1-2H3;1H. The van der Waals surface area contributed by atoms with Gasteiger partial charge < -0.3 is 9.64 Å². The van der Waals surface area contributed by atoms with Crippen LogP contribution in [-0.2, 0) is 16.0 Å². The number of likely N-dealkylation sites (N-methyl/N-ethyl adjacent to an activating group) is 1. The van der Waals surface area contributed by atoms with Crippen molar-refractivity contribution in [3.63, 3.8) is 0 Å². The molecule has 0 N–H and O–H groups in total. The highest BCUT2D eigenvalue weighted by Gasteiger charge is 2.29. The van der Waals surface area contributed by atoms with Gasteiger partial charge >= 0.3 is 5.97 Å². The summed E-state index contributed by atoms with van der Waals surface area (Å²) in [6, 6.07) is 10.3. The Bertz CT molecular complexity index is 500. The second-order valence-corrected chi connectivity index (χ2v) is 6.16. The van der Waals surface area contributed by atoms with Crippen molar-refractivity contribution < 1.29 is 9.53 Å². The van der Waals surface area contributed by atoms with Gasteiger partial charge in [0.1, 0.15) is 6.61 Å². The predicted molar refractivity (Wildman–Crippen MR) is 101 cm³/mol. The van der Waals surface area contributed by atoms with Crippen LogP contribution in [-0.4, -0.2) is 37.1 Å². The topological polar surface area (TPSA) is 29.5 Å². The van der Waals surface area contributed by atoms with Crippen molar-refractivity contribution in [2.45, 2.75) is 33.1 Å². The first-order valence-electron chi connectivity index (χ1n) is 8.84. The van der Waals surface area contributed by atoms with Crippen molar-refractivity contribution in [1.29, 1.82) is 0 Å². The van der Waals surface area contributed by atoms with E-state index in [1.54, 1.807) is 0 Å². The largest absolute Gasteiger partial charge is 0.464 e. The van der Waals surface area contributed by atoms with Crippen LogP contribution < -0.4 is 0 Å². The second-order valence-electron chi connectivity index (χ2n) is 6.16. The number of ether oxygens (including phenoxy) is 1. The number of carbonyl (C=O) groups is 1. The van der Waals surface area contributed by atoms with Crippen molar-refractivity contribution in [2.24, 2.45) is 11.8 Å². The summed E-state index contributed by atoms with van der Waals surface area (Å²) in [5, 5.41) is 0. The highest BCUT2D eigenvalue weighted by molar-refractivity contribution is 5.85. The van der Waals surface area contributed by atoms with E-state index in [1.807, 2.05) is 18.2 Å². The molecule has 24 heavy (non-hydrogen) atoms. The van der Waals surface area contributed by atoms with Crippen molar-refractivity contribution in [2.75, 3.05) is 26.2 Å². The third kappa shape index (κ3) is 6.29. The second kappa shape index (κ2) is 11.3. The Labute approximate surface area is 152 Å². The molecule has 0 aliphatic heterocycles. The minimum absolute atomic E-state index is 0. The Balaban J connectivity index is 0.00000288. The highest BCUT2D eigenvalue weighted by Crippen LogP contribution is 2.29. The van der Waals surface area contributed by atoms with Gasteiger partial charge in [-0.1, -0.05) is 56.3 Å². The molecule has 1 aliphatic rings. The molecule has 0 amide bonds. The van der Waals surface area contributed by atoms with E-state index in [1.165, 1.54) is 5.56 Å². The molecule has 2 rings (SSSR count). The molecule has 0 saturated carbocycles. The molecule has 0 bridgehead atoms. The molecule has 1 aliphatic carbocycles. The predicted octanol–water partition coefficient (Wildman–Crippen LogP) is 4.12. The Kier molecular flexibility index (Phi) is 9.73. The molecule has 3 nitrogen and oxygen atoms in total. The smallest absolute Gasteiger partial charge is 0.309 e. The molecule has 4 heteroatoms. The van der Waals surface area contributed by atoms with Gasteiger partial charge in [0.25, 0.3) is 0 Å². The number of allylic oxidation sites excluding steroid dienone is 2. The van der Waals surface area contributed by atoms with Gasteiger partial charge in [-0.05, 0) is 43.8 Å². The summed E-state index contributed by atoms with van der Waals surface area (Å²) in [7, 11) is 0. The molecule has 0 saturated heterocycles. The van der Waals surface area contributed by atoms with Crippen LogP contribution in [0, 0.1) is 11.8 Å². The Morgan fingerprint density at radius 3 is 2.54 bits per heavy atom. The van der Waals surface area contributed by atoms with E-state index in [9.17, 15) is 4.79 Å². The first-order valence-corrected chi connectivity index (χ1v) is 8.84. The first kappa shape index (κ1) is 20.7. The van der Waals surface area contributed by atoms with E-state index < -0.39 is 0 Å². The van der Waals surface area contributed by atoms with Crippen molar-refractivity contribution in [1.82, 2.24) is 4.90 Å². The maximum Gasteiger partial charge on any atom is 0.309 e. The maximum atomic E-state index is 12.6. The fourth-order valence-electron chi connectivity index (χ4n) is 3.19. The van der Waals surface area contributed by atoms with Gasteiger partial charge in [-0.3, -0.25) is 4.79 Å². The van der Waals surface area contributed by atoms with Gasteiger partial charge in [0.05, 0.1) is 5.92 Å². The summed E-state index contributed by atoms with van der Waals surface area (Å²) in [6.07, 6.45) is 7.27. The quantitative estimate of drug-likeness (QED) is 0.495. The molecule has 1 aromatic carbocycles. The lowest BCUT2D eigenvalue weighted by Gasteiger charge is -2.23. The van der Waals surface area contributed by atoms with Gasteiger partial charge in [-0.15, -0.1) is 12.4 Å². The van der Waals surface area contributed by atoms with E-state index in [0.29, 0.717) is 12.5 Å². The van der Waals surface area contributed by atoms with Gasteiger partial charge in [0.15, 0.2) is 0 Å². The van der Waals surface area contributed by atoms with E-state index in [2.05, 4.69) is 43.0 Å². The molecule has 0 fully saturated rings. The molecular formula is C20H30ClNO2. The molecule has 0 heterocycles. The van der Waals surface area contributed by atoms with Gasteiger partial charge in [-0.2, -0.15) is 0 Å². The number of hydrogen-bond acceptors (Lipinski definition) is 3. The van der Waals surface area contributed by atoms with Crippen LogP contribution in [0.5, 0.6) is 0 Å². The number of rotatable bonds is 9. The Morgan fingerprint density at radius 2 is 1.96 bits per heavy atom. The minimum atomic E-state index is -0.0622. The van der Waals surface area contributed by atoms with Crippen LogP contribution in [0.4, 0.5) is 0 Å². The fourth-order valence-corrected chi connectivity index (χ4v) is 3.19. The Hall–Kier alpha value is -1.32. The first-order chi connectivity index (χ1) is 11.2. The number of esters is 1. The molecule has 2 unspecified atom stereocenters. The number of nitrogens with zero attached hydrogens (tertiary/aromatic N) is 1. The van der Waals surface area contributed by atoms with Gasteiger partial charge in [0, 0.05) is 6.54 Å². The number of benzene rings is 1. The third-order valence-electron chi connectivity index (χ3n) is 4.71. The normalized spacial score (nSPS) is 17.5. The van der Waals surface area contributed by atoms with E-state index in [4.69, 9.17) is 4.74 Å². The molecule has 0 radical (unpaired) electrons. The summed E-state index contributed by atoms with van der Waals surface area (Å²) >= 11 is 0. The van der Waals surface area contributed by atoms with Crippen LogP contribution in [0.1, 0.15) is 32.3 Å². The molecule has 1 aromatic rings. The van der Waals surface area contributed by atoms with Crippen molar-refractivity contribution in [3.8, 4) is 0 Å². The van der Waals surface area contributed by atoms with Crippen LogP contribution in [0.15, 0.2) is 42.5 Å². The van der Waals surface area contributed by atoms with Crippen LogP contribution in [0.3, 0.4) is 0 Å². The molecular weight excluding hydrogens is 322 g/mol. The molecule has 0 spiro atoms. The highest BCUT2D eigenvalue weighted by atomic mass is 35.5. The number of hydrogen-bond donors (Lipinski definition) is 0. The zero-order chi connectivity index (χ0) is 16.5. The fraction of sp³-hybridized carbons (Fsp3) is 0.550. The van der Waals surface area contributed by atoms with Crippen LogP contribution in [0.2, 0.25) is 0 Å². The average molecular weight is 352 g/mol. The average Bonchev–Trinajstić information content (AvgIpc) is 3.11. The summed E-state index contributed by atoms with van der Waals surface area (Å²) in [4.78, 5) is 14.9. The van der Waals surface area contributed by atoms with E-state index >= 15 is 0 Å². The zero-order valence-electron chi connectivity index (χ0n) is 14.8. The van der Waals surface area contributed by atoms with E-state index in [0.717, 1.165) is 38.9 Å². The van der Waals surface area contributed by atoms with Crippen molar-refractivity contribution in [3.05, 3.63) is 48.0 Å². The van der Waals surface area contributed by atoms with Crippen LogP contribution in [0.25, 0.3) is 0 Å². The van der Waals surface area contributed by atoms with Crippen LogP contribution >= 0.6 is 12.4 Å². The molecule has 134 valence electrons. The van der Waals surface area contributed by atoms with Gasteiger partial charge in [-0.25, -0.2) is 0 Å². The summed E-state index contributed by atoms with van der Waals surface area (Å²) in [5.41, 5.74) is 1.21. The lowest BCUT2D eigenvalue weighted by atomic mass is 9.86. The lowest BCUT2D eigenvalue weighted by Crippen LogP contribution is -2.31. The number of halogens is 1. The maximum absolute atomic E-state index is 12.6. The summed E-state index contributed by atoms with van der Waals surface area (Å²) in [5.74, 6) is 0.210. The molecule has 2 atom stereocenters. The van der Waals surface area contributed by atoms with E-state index in [-0.39, 0.29) is 24.3 Å². The third-order valence-corrected chi connectivity index (χ3v) is 4.71. The van der Waals surface area contributed by atoms with Crippen molar-refractivity contribution >= 4 is 18.4 Å². The zero-order valence-corrected chi connectivity index (χ0v) is 15.6.